The predicted molar refractivity (Wildman–Crippen MR) is 74.4 cm³/mol. The van der Waals surface area contributed by atoms with Gasteiger partial charge in [0, 0.05) is 0 Å². The molecule has 1 fully saturated rings. The van der Waals surface area contributed by atoms with E-state index in [1.807, 2.05) is 6.26 Å². The first kappa shape index (κ1) is 14.5. The SMILES string of the molecule is CSCC(=O)N1CC(Oc2cccc(O)c2C(=O)O)C1. The summed E-state index contributed by atoms with van der Waals surface area (Å²) in [6.07, 6.45) is 1.62. The van der Waals surface area contributed by atoms with Crippen LogP contribution in [0.3, 0.4) is 0 Å². The molecule has 0 atom stereocenters. The zero-order valence-corrected chi connectivity index (χ0v) is 11.7. The van der Waals surface area contributed by atoms with E-state index in [0.29, 0.717) is 18.8 Å². The van der Waals surface area contributed by atoms with Crippen molar-refractivity contribution >= 4 is 23.6 Å². The molecule has 0 unspecified atom stereocenters. The smallest absolute Gasteiger partial charge is 0.343 e. The van der Waals surface area contributed by atoms with Gasteiger partial charge in [-0.2, -0.15) is 11.8 Å². The highest BCUT2D eigenvalue weighted by molar-refractivity contribution is 7.99. The number of rotatable bonds is 5. The number of hydrogen-bond donors (Lipinski definition) is 2. The summed E-state index contributed by atoms with van der Waals surface area (Å²) in [5.74, 6) is -0.970. The number of carbonyl (C=O) groups is 2. The fraction of sp³-hybridized carbons (Fsp3) is 0.385. The highest BCUT2D eigenvalue weighted by Gasteiger charge is 2.33. The van der Waals surface area contributed by atoms with E-state index < -0.39 is 5.97 Å². The van der Waals surface area contributed by atoms with Gasteiger partial charge in [-0.3, -0.25) is 4.79 Å². The van der Waals surface area contributed by atoms with Crippen LogP contribution < -0.4 is 4.74 Å². The number of carboxylic acid groups (broad SMARTS) is 1. The molecule has 1 aromatic rings. The molecule has 0 aliphatic carbocycles. The summed E-state index contributed by atoms with van der Waals surface area (Å²) < 4.78 is 5.54. The van der Waals surface area contributed by atoms with Gasteiger partial charge in [0.25, 0.3) is 0 Å². The average molecular weight is 297 g/mol. The van der Waals surface area contributed by atoms with Crippen molar-refractivity contribution < 1.29 is 24.5 Å². The number of likely N-dealkylation sites (tertiary alicyclic amines) is 1. The molecule has 1 aliphatic rings. The molecule has 7 heteroatoms. The summed E-state index contributed by atoms with van der Waals surface area (Å²) in [4.78, 5) is 24.3. The Morgan fingerprint density at radius 2 is 2.15 bits per heavy atom. The van der Waals surface area contributed by atoms with Gasteiger partial charge in [-0.25, -0.2) is 4.79 Å². The predicted octanol–water partition coefficient (Wildman–Crippen LogP) is 1.04. The summed E-state index contributed by atoms with van der Waals surface area (Å²) in [5.41, 5.74) is -0.249. The van der Waals surface area contributed by atoms with E-state index in [9.17, 15) is 14.7 Å². The second-order valence-corrected chi connectivity index (χ2v) is 5.29. The number of nitrogens with zero attached hydrogens (tertiary/aromatic N) is 1. The van der Waals surface area contributed by atoms with Crippen molar-refractivity contribution in [2.24, 2.45) is 0 Å². The van der Waals surface area contributed by atoms with E-state index in [0.717, 1.165) is 0 Å². The van der Waals surface area contributed by atoms with E-state index in [1.165, 1.54) is 30.0 Å². The van der Waals surface area contributed by atoms with Crippen LogP contribution in [0.1, 0.15) is 10.4 Å². The number of aromatic hydroxyl groups is 1. The molecule has 2 N–H and O–H groups in total. The minimum atomic E-state index is -1.24. The lowest BCUT2D eigenvalue weighted by Gasteiger charge is -2.39. The van der Waals surface area contributed by atoms with Crippen LogP contribution in [0.25, 0.3) is 0 Å². The zero-order chi connectivity index (χ0) is 14.7. The molecule has 1 saturated heterocycles. The largest absolute Gasteiger partial charge is 0.507 e. The molecular weight excluding hydrogens is 282 g/mol. The van der Waals surface area contributed by atoms with Gasteiger partial charge >= 0.3 is 5.97 Å². The van der Waals surface area contributed by atoms with E-state index in [1.54, 1.807) is 4.90 Å². The fourth-order valence-electron chi connectivity index (χ4n) is 1.94. The Labute approximate surface area is 120 Å². The molecule has 0 bridgehead atoms. The van der Waals surface area contributed by atoms with E-state index in [-0.39, 0.29) is 29.1 Å². The number of carboxylic acids is 1. The van der Waals surface area contributed by atoms with Crippen molar-refractivity contribution in [1.29, 1.82) is 0 Å². The summed E-state index contributed by atoms with van der Waals surface area (Å²) >= 11 is 1.46. The molecular formula is C13H15NO5S. The van der Waals surface area contributed by atoms with Gasteiger partial charge in [0.15, 0.2) is 0 Å². The quantitative estimate of drug-likeness (QED) is 0.844. The van der Waals surface area contributed by atoms with Crippen LogP contribution in [0, 0.1) is 0 Å². The van der Waals surface area contributed by atoms with Crippen LogP contribution in [0.5, 0.6) is 11.5 Å². The molecule has 1 aliphatic heterocycles. The van der Waals surface area contributed by atoms with Crippen molar-refractivity contribution in [3.05, 3.63) is 23.8 Å². The van der Waals surface area contributed by atoms with E-state index in [2.05, 4.69) is 0 Å². The van der Waals surface area contributed by atoms with Crippen LogP contribution in [0.15, 0.2) is 18.2 Å². The van der Waals surface area contributed by atoms with Crippen LogP contribution >= 0.6 is 11.8 Å². The Morgan fingerprint density at radius 1 is 1.45 bits per heavy atom. The topological polar surface area (TPSA) is 87.1 Å². The number of carbonyl (C=O) groups excluding carboxylic acids is 1. The van der Waals surface area contributed by atoms with Crippen molar-refractivity contribution in [3.8, 4) is 11.5 Å². The third kappa shape index (κ3) is 2.98. The third-order valence-electron chi connectivity index (χ3n) is 2.98. The van der Waals surface area contributed by atoms with Gasteiger partial charge < -0.3 is 19.8 Å². The number of phenols is 1. The molecule has 0 radical (unpaired) electrons. The van der Waals surface area contributed by atoms with Crippen molar-refractivity contribution in [2.75, 3.05) is 25.1 Å². The molecule has 1 heterocycles. The maximum atomic E-state index is 11.6. The molecule has 1 amide bonds. The summed E-state index contributed by atoms with van der Waals surface area (Å²) in [7, 11) is 0. The summed E-state index contributed by atoms with van der Waals surface area (Å²) in [6, 6.07) is 4.31. The first-order valence-electron chi connectivity index (χ1n) is 6.01. The molecule has 1 aromatic carbocycles. The summed E-state index contributed by atoms with van der Waals surface area (Å²) in [6.45, 7) is 0.877. The van der Waals surface area contributed by atoms with Crippen LogP contribution in [0.4, 0.5) is 0 Å². The van der Waals surface area contributed by atoms with Gasteiger partial charge in [0.1, 0.15) is 23.2 Å². The molecule has 6 nitrogen and oxygen atoms in total. The van der Waals surface area contributed by atoms with Crippen LogP contribution in [0.2, 0.25) is 0 Å². The first-order valence-corrected chi connectivity index (χ1v) is 7.41. The number of thioether (sulfide) groups is 1. The maximum Gasteiger partial charge on any atom is 0.343 e. The van der Waals surface area contributed by atoms with Crippen LogP contribution in [-0.4, -0.2) is 58.2 Å². The molecule has 0 spiro atoms. The van der Waals surface area contributed by atoms with Gasteiger partial charge in [-0.05, 0) is 18.4 Å². The van der Waals surface area contributed by atoms with Crippen LogP contribution in [-0.2, 0) is 4.79 Å². The lowest BCUT2D eigenvalue weighted by molar-refractivity contribution is -0.137. The Bertz CT molecular complexity index is 527. The molecule has 2 rings (SSSR count). The van der Waals surface area contributed by atoms with E-state index >= 15 is 0 Å². The maximum absolute atomic E-state index is 11.6. The Balaban J connectivity index is 1.98. The monoisotopic (exact) mass is 297 g/mol. The molecule has 0 saturated carbocycles. The normalized spacial score (nSPS) is 14.8. The van der Waals surface area contributed by atoms with Crippen molar-refractivity contribution in [2.45, 2.75) is 6.10 Å². The standard InChI is InChI=1S/C13H15NO5S/c1-20-7-11(16)14-5-8(6-14)19-10-4-2-3-9(15)12(10)13(17)18/h2-4,8,15H,5-7H2,1H3,(H,17,18). The number of amides is 1. The van der Waals surface area contributed by atoms with E-state index in [4.69, 9.17) is 9.84 Å². The molecule has 0 aromatic heterocycles. The fourth-order valence-corrected chi connectivity index (χ4v) is 2.37. The van der Waals surface area contributed by atoms with Crippen molar-refractivity contribution in [3.63, 3.8) is 0 Å². The Morgan fingerprint density at radius 3 is 2.75 bits per heavy atom. The second kappa shape index (κ2) is 6.04. The number of hydrogen-bond acceptors (Lipinski definition) is 5. The van der Waals surface area contributed by atoms with Crippen molar-refractivity contribution in [1.82, 2.24) is 4.90 Å². The Kier molecular flexibility index (Phi) is 4.39. The third-order valence-corrected chi connectivity index (χ3v) is 3.52. The van der Waals surface area contributed by atoms with Gasteiger partial charge in [0.2, 0.25) is 5.91 Å². The lowest BCUT2D eigenvalue weighted by atomic mass is 10.1. The number of benzene rings is 1. The van der Waals surface area contributed by atoms with Gasteiger partial charge in [-0.15, -0.1) is 0 Å². The average Bonchev–Trinajstić information content (AvgIpc) is 2.32. The second-order valence-electron chi connectivity index (χ2n) is 4.43. The number of aromatic carboxylic acids is 1. The highest BCUT2D eigenvalue weighted by atomic mass is 32.2. The van der Waals surface area contributed by atoms with Gasteiger partial charge in [0.05, 0.1) is 18.8 Å². The zero-order valence-electron chi connectivity index (χ0n) is 10.9. The first-order chi connectivity index (χ1) is 9.52. The number of ether oxygens (including phenoxy) is 1. The minimum absolute atomic E-state index is 0.0479. The highest BCUT2D eigenvalue weighted by Crippen LogP contribution is 2.29. The Hall–Kier alpha value is -1.89. The molecule has 108 valence electrons. The minimum Gasteiger partial charge on any atom is -0.507 e. The lowest BCUT2D eigenvalue weighted by Crippen LogP contribution is -2.56. The molecule has 20 heavy (non-hydrogen) atoms. The summed E-state index contributed by atoms with van der Waals surface area (Å²) in [5, 5.41) is 18.6. The van der Waals surface area contributed by atoms with Gasteiger partial charge in [-0.1, -0.05) is 6.07 Å².